The number of hydrogen-bond donors (Lipinski definition) is 2. The normalized spacial score (nSPS) is 10.9. The lowest BCUT2D eigenvalue weighted by Crippen LogP contribution is -2.11. The smallest absolute Gasteiger partial charge is 0.255 e. The van der Waals surface area contributed by atoms with Crippen LogP contribution in [-0.2, 0) is 0 Å². The molecule has 0 atom stereocenters. The van der Waals surface area contributed by atoms with Crippen LogP contribution in [0.5, 0.6) is 0 Å². The maximum atomic E-state index is 12.3. The van der Waals surface area contributed by atoms with Crippen LogP contribution in [0.3, 0.4) is 0 Å². The van der Waals surface area contributed by atoms with Crippen LogP contribution in [-0.4, -0.2) is 12.1 Å². The Morgan fingerprint density at radius 2 is 1.68 bits per heavy atom. The molecule has 4 nitrogen and oxygen atoms in total. The second kappa shape index (κ2) is 6.10. The molecule has 3 N–H and O–H groups in total. The first-order chi connectivity index (χ1) is 10.8. The van der Waals surface area contributed by atoms with Gasteiger partial charge in [0.05, 0.1) is 6.21 Å². The largest absolute Gasteiger partial charge is 0.323 e. The number of fused-ring (bicyclic) bond motifs is 1. The highest BCUT2D eigenvalue weighted by Crippen LogP contribution is 2.18. The van der Waals surface area contributed by atoms with Crippen LogP contribution in [0.15, 0.2) is 71.8 Å². The van der Waals surface area contributed by atoms with Gasteiger partial charge in [-0.2, -0.15) is 5.10 Å². The van der Waals surface area contributed by atoms with Crippen molar-refractivity contribution in [3.8, 4) is 0 Å². The van der Waals surface area contributed by atoms with Crippen LogP contribution in [0.2, 0.25) is 0 Å². The van der Waals surface area contributed by atoms with E-state index in [1.165, 1.54) is 0 Å². The zero-order valence-corrected chi connectivity index (χ0v) is 11.9. The number of anilines is 1. The summed E-state index contributed by atoms with van der Waals surface area (Å²) >= 11 is 0. The summed E-state index contributed by atoms with van der Waals surface area (Å²) < 4.78 is 0. The fraction of sp³-hybridized carbons (Fsp3) is 0. The fourth-order valence-electron chi connectivity index (χ4n) is 2.30. The van der Waals surface area contributed by atoms with Crippen molar-refractivity contribution in [2.24, 2.45) is 10.9 Å². The van der Waals surface area contributed by atoms with Crippen molar-refractivity contribution in [2.75, 3.05) is 5.32 Å². The maximum absolute atomic E-state index is 12.3. The van der Waals surface area contributed by atoms with Crippen LogP contribution in [0.4, 0.5) is 5.69 Å². The molecule has 0 bridgehead atoms. The van der Waals surface area contributed by atoms with Crippen LogP contribution >= 0.6 is 0 Å². The summed E-state index contributed by atoms with van der Waals surface area (Å²) in [6.07, 6.45) is 1.59. The highest BCUT2D eigenvalue weighted by atomic mass is 16.1. The molecule has 0 aliphatic carbocycles. The monoisotopic (exact) mass is 289 g/mol. The minimum Gasteiger partial charge on any atom is -0.323 e. The fourth-order valence-corrected chi connectivity index (χ4v) is 2.30. The van der Waals surface area contributed by atoms with E-state index in [-0.39, 0.29) is 5.91 Å². The van der Waals surface area contributed by atoms with Gasteiger partial charge in [-0.25, -0.2) is 0 Å². The van der Waals surface area contributed by atoms with Gasteiger partial charge in [-0.05, 0) is 46.7 Å². The number of amides is 1. The number of hydrogen-bond acceptors (Lipinski definition) is 3. The molecule has 0 spiro atoms. The molecule has 0 unspecified atom stereocenters. The standard InChI is InChI=1S/C18H15N3O/c19-20-12-13-6-7-15-11-16(9-8-14(15)10-13)18(22)21-17-4-2-1-3-5-17/h1-12H,19H2,(H,21,22)/b20-12-. The second-order valence-electron chi connectivity index (χ2n) is 4.92. The number of benzene rings is 3. The topological polar surface area (TPSA) is 67.5 Å². The van der Waals surface area contributed by atoms with E-state index in [2.05, 4.69) is 10.4 Å². The van der Waals surface area contributed by atoms with E-state index < -0.39 is 0 Å². The lowest BCUT2D eigenvalue weighted by atomic mass is 10.0. The highest BCUT2D eigenvalue weighted by molar-refractivity contribution is 6.06. The summed E-state index contributed by atoms with van der Waals surface area (Å²) in [6, 6.07) is 20.8. The Labute approximate surface area is 128 Å². The maximum Gasteiger partial charge on any atom is 0.255 e. The molecule has 0 aliphatic rings. The molecule has 0 radical (unpaired) electrons. The zero-order chi connectivity index (χ0) is 15.4. The summed E-state index contributed by atoms with van der Waals surface area (Å²) in [5, 5.41) is 8.43. The van der Waals surface area contributed by atoms with Crippen LogP contribution in [0.1, 0.15) is 15.9 Å². The van der Waals surface area contributed by atoms with Gasteiger partial charge in [0.15, 0.2) is 0 Å². The molecule has 22 heavy (non-hydrogen) atoms. The molecule has 108 valence electrons. The van der Waals surface area contributed by atoms with Gasteiger partial charge in [-0.3, -0.25) is 4.79 Å². The molecule has 0 aliphatic heterocycles. The van der Waals surface area contributed by atoms with Crippen molar-refractivity contribution in [2.45, 2.75) is 0 Å². The van der Waals surface area contributed by atoms with E-state index in [9.17, 15) is 4.79 Å². The van der Waals surface area contributed by atoms with Crippen molar-refractivity contribution in [1.29, 1.82) is 0 Å². The number of para-hydroxylation sites is 1. The van der Waals surface area contributed by atoms with Gasteiger partial charge in [0.2, 0.25) is 0 Å². The number of nitrogens with one attached hydrogen (secondary N) is 1. The molecule has 4 heteroatoms. The molecule has 0 heterocycles. The Hall–Kier alpha value is -3.14. The van der Waals surface area contributed by atoms with Crippen molar-refractivity contribution >= 4 is 28.6 Å². The minimum absolute atomic E-state index is 0.124. The van der Waals surface area contributed by atoms with E-state index in [4.69, 9.17) is 5.84 Å². The van der Waals surface area contributed by atoms with Crippen molar-refractivity contribution in [3.05, 3.63) is 77.9 Å². The Morgan fingerprint density at radius 1 is 0.955 bits per heavy atom. The Morgan fingerprint density at radius 3 is 2.45 bits per heavy atom. The van der Waals surface area contributed by atoms with Gasteiger partial charge in [-0.15, -0.1) is 0 Å². The van der Waals surface area contributed by atoms with Crippen LogP contribution < -0.4 is 11.2 Å². The molecule has 3 aromatic carbocycles. The molecule has 3 rings (SSSR count). The van der Waals surface area contributed by atoms with Crippen molar-refractivity contribution in [1.82, 2.24) is 0 Å². The Balaban J connectivity index is 1.88. The summed E-state index contributed by atoms with van der Waals surface area (Å²) in [5.41, 5.74) is 2.33. The molecule has 0 fully saturated rings. The predicted molar refractivity (Wildman–Crippen MR) is 90.1 cm³/mol. The van der Waals surface area contributed by atoms with E-state index in [0.717, 1.165) is 22.0 Å². The minimum atomic E-state index is -0.124. The zero-order valence-electron chi connectivity index (χ0n) is 11.9. The highest BCUT2D eigenvalue weighted by Gasteiger charge is 2.07. The van der Waals surface area contributed by atoms with Gasteiger partial charge in [0, 0.05) is 11.3 Å². The number of rotatable bonds is 3. The summed E-state index contributed by atoms with van der Waals surface area (Å²) in [4.78, 5) is 12.3. The SMILES string of the molecule is N/N=C\c1ccc2cc(C(=O)Nc3ccccc3)ccc2c1. The third-order valence-electron chi connectivity index (χ3n) is 3.38. The summed E-state index contributed by atoms with van der Waals surface area (Å²) in [7, 11) is 0. The molecule has 0 aromatic heterocycles. The third kappa shape index (κ3) is 2.96. The summed E-state index contributed by atoms with van der Waals surface area (Å²) in [5.74, 6) is 5.03. The lowest BCUT2D eigenvalue weighted by Gasteiger charge is -2.06. The lowest BCUT2D eigenvalue weighted by molar-refractivity contribution is 0.102. The number of carbonyl (C=O) groups excluding carboxylic acids is 1. The molecule has 1 amide bonds. The predicted octanol–water partition coefficient (Wildman–Crippen LogP) is 3.38. The first kappa shape index (κ1) is 13.8. The van der Waals surface area contributed by atoms with Crippen LogP contribution in [0.25, 0.3) is 10.8 Å². The molecule has 0 saturated heterocycles. The summed E-state index contributed by atoms with van der Waals surface area (Å²) in [6.45, 7) is 0. The molecular weight excluding hydrogens is 274 g/mol. The average molecular weight is 289 g/mol. The first-order valence-corrected chi connectivity index (χ1v) is 6.90. The Kier molecular flexibility index (Phi) is 3.83. The van der Waals surface area contributed by atoms with E-state index in [1.807, 2.05) is 66.7 Å². The van der Waals surface area contributed by atoms with Crippen molar-refractivity contribution < 1.29 is 4.79 Å². The number of carbonyl (C=O) groups is 1. The Bertz CT molecular complexity index is 841. The van der Waals surface area contributed by atoms with Gasteiger partial charge >= 0.3 is 0 Å². The number of hydrazone groups is 1. The molecule has 0 saturated carbocycles. The molecular formula is C18H15N3O. The van der Waals surface area contributed by atoms with Crippen LogP contribution in [0, 0.1) is 0 Å². The van der Waals surface area contributed by atoms with Gasteiger partial charge in [0.25, 0.3) is 5.91 Å². The number of nitrogens with two attached hydrogens (primary N) is 1. The molecule has 3 aromatic rings. The third-order valence-corrected chi connectivity index (χ3v) is 3.38. The quantitative estimate of drug-likeness (QED) is 0.441. The van der Waals surface area contributed by atoms with Gasteiger partial charge in [0.1, 0.15) is 0 Å². The van der Waals surface area contributed by atoms with E-state index in [1.54, 1.807) is 6.21 Å². The first-order valence-electron chi connectivity index (χ1n) is 6.90. The number of nitrogens with zero attached hydrogens (tertiary/aromatic N) is 1. The average Bonchev–Trinajstić information content (AvgIpc) is 2.55. The van der Waals surface area contributed by atoms with E-state index >= 15 is 0 Å². The van der Waals surface area contributed by atoms with Gasteiger partial charge in [-0.1, -0.05) is 36.4 Å². The van der Waals surface area contributed by atoms with Gasteiger partial charge < -0.3 is 11.2 Å². The van der Waals surface area contributed by atoms with E-state index in [0.29, 0.717) is 5.56 Å². The second-order valence-corrected chi connectivity index (χ2v) is 4.92. The van der Waals surface area contributed by atoms with Crippen molar-refractivity contribution in [3.63, 3.8) is 0 Å².